The van der Waals surface area contributed by atoms with Crippen LogP contribution in [0.5, 0.6) is 0 Å². The van der Waals surface area contributed by atoms with Crippen molar-refractivity contribution in [2.45, 2.75) is 78.2 Å². The van der Waals surface area contributed by atoms with E-state index in [1.165, 1.54) is 56.6 Å². The van der Waals surface area contributed by atoms with E-state index in [9.17, 15) is 0 Å². The SMILES string of the molecule is CCCCCC1COCOC1C.CCCCCc1cc2ccc1=2. The van der Waals surface area contributed by atoms with Gasteiger partial charge in [0.15, 0.2) is 0 Å². The second-order valence-electron chi connectivity index (χ2n) is 6.95. The lowest BCUT2D eigenvalue weighted by Gasteiger charge is -2.28. The largest absolute Gasteiger partial charge is 0.355 e. The van der Waals surface area contributed by atoms with Gasteiger partial charge < -0.3 is 9.47 Å². The third-order valence-corrected chi connectivity index (χ3v) is 5.05. The molecule has 1 aliphatic heterocycles. The Bertz CT molecular complexity index is 537. The molecule has 0 amide bonds. The summed E-state index contributed by atoms with van der Waals surface area (Å²) < 4.78 is 10.7. The van der Waals surface area contributed by atoms with Crippen molar-refractivity contribution in [1.29, 1.82) is 0 Å². The van der Waals surface area contributed by atoms with Crippen molar-refractivity contribution in [1.82, 2.24) is 0 Å². The Morgan fingerprint density at radius 2 is 1.83 bits per heavy atom. The number of rotatable bonds is 8. The van der Waals surface area contributed by atoms with E-state index in [-0.39, 0.29) is 0 Å². The highest BCUT2D eigenvalue weighted by molar-refractivity contribution is 5.33. The van der Waals surface area contributed by atoms with Crippen molar-refractivity contribution < 1.29 is 9.47 Å². The minimum atomic E-state index is 0.399. The molecule has 1 fully saturated rings. The molecule has 1 saturated heterocycles. The van der Waals surface area contributed by atoms with Gasteiger partial charge in [0, 0.05) is 5.92 Å². The molecule has 0 bridgehead atoms. The average molecular weight is 319 g/mol. The van der Waals surface area contributed by atoms with Crippen LogP contribution >= 0.6 is 0 Å². The smallest absolute Gasteiger partial charge is 0.147 e. The van der Waals surface area contributed by atoms with Crippen LogP contribution in [-0.4, -0.2) is 19.5 Å². The van der Waals surface area contributed by atoms with Crippen LogP contribution in [-0.2, 0) is 15.9 Å². The Balaban J connectivity index is 0.000000167. The van der Waals surface area contributed by atoms with Crippen LogP contribution in [0, 0.1) is 16.4 Å². The van der Waals surface area contributed by atoms with Crippen LogP contribution in [0.15, 0.2) is 18.2 Å². The minimum Gasteiger partial charge on any atom is -0.355 e. The van der Waals surface area contributed by atoms with Gasteiger partial charge in [-0.1, -0.05) is 64.2 Å². The summed E-state index contributed by atoms with van der Waals surface area (Å²) in [6.07, 6.45) is 11.0. The van der Waals surface area contributed by atoms with Gasteiger partial charge in [-0.05, 0) is 42.2 Å². The first kappa shape index (κ1) is 18.5. The molecule has 0 radical (unpaired) electrons. The molecule has 1 heterocycles. The molecule has 3 aliphatic rings. The molecule has 2 nitrogen and oxygen atoms in total. The van der Waals surface area contributed by atoms with Gasteiger partial charge in [0.1, 0.15) is 6.79 Å². The fraction of sp³-hybridized carbons (Fsp3) is 0.714. The van der Waals surface area contributed by atoms with E-state index in [1.807, 2.05) is 0 Å². The van der Waals surface area contributed by atoms with Crippen molar-refractivity contribution in [2.24, 2.45) is 5.92 Å². The van der Waals surface area contributed by atoms with Gasteiger partial charge in [0.2, 0.25) is 0 Å². The molecular formula is C21H34O2. The molecule has 3 rings (SSSR count). The first-order valence-electron chi connectivity index (χ1n) is 9.58. The van der Waals surface area contributed by atoms with Crippen molar-refractivity contribution in [3.05, 3.63) is 34.2 Å². The van der Waals surface area contributed by atoms with Gasteiger partial charge in [0.25, 0.3) is 0 Å². The summed E-state index contributed by atoms with van der Waals surface area (Å²) in [5.41, 5.74) is 1.59. The zero-order valence-electron chi connectivity index (χ0n) is 15.3. The van der Waals surface area contributed by atoms with Crippen molar-refractivity contribution in [3.63, 3.8) is 0 Å². The highest BCUT2D eigenvalue weighted by Crippen LogP contribution is 2.20. The number of unbranched alkanes of at least 4 members (excludes halogenated alkanes) is 4. The molecule has 0 saturated carbocycles. The first-order chi connectivity index (χ1) is 11.3. The number of benzene rings is 1. The highest BCUT2D eigenvalue weighted by atomic mass is 16.7. The van der Waals surface area contributed by atoms with Crippen LogP contribution in [0.2, 0.25) is 0 Å². The highest BCUT2D eigenvalue weighted by Gasteiger charge is 2.21. The average Bonchev–Trinajstić information content (AvgIpc) is 2.54. The number of aryl methyl sites for hydroxylation is 1. The summed E-state index contributed by atoms with van der Waals surface area (Å²) in [6, 6.07) is 6.75. The van der Waals surface area contributed by atoms with E-state index in [4.69, 9.17) is 9.47 Å². The number of ether oxygens (including phenoxy) is 2. The van der Waals surface area contributed by atoms with Gasteiger partial charge >= 0.3 is 0 Å². The van der Waals surface area contributed by atoms with Gasteiger partial charge in [-0.3, -0.25) is 0 Å². The Hall–Kier alpha value is -0.860. The van der Waals surface area contributed by atoms with E-state index >= 15 is 0 Å². The van der Waals surface area contributed by atoms with Gasteiger partial charge in [-0.25, -0.2) is 0 Å². The Kier molecular flexibility index (Phi) is 8.11. The minimum absolute atomic E-state index is 0.399. The number of hydrogen-bond donors (Lipinski definition) is 0. The van der Waals surface area contributed by atoms with E-state index < -0.39 is 0 Å². The molecule has 0 spiro atoms. The van der Waals surface area contributed by atoms with E-state index in [0.717, 1.165) is 6.61 Å². The van der Waals surface area contributed by atoms with Crippen LogP contribution in [0.25, 0.3) is 0 Å². The molecule has 0 aromatic heterocycles. The maximum atomic E-state index is 5.40. The molecule has 0 aromatic carbocycles. The van der Waals surface area contributed by atoms with Crippen LogP contribution in [0.1, 0.15) is 71.3 Å². The van der Waals surface area contributed by atoms with Crippen LogP contribution in [0.3, 0.4) is 0 Å². The summed E-state index contributed by atoms with van der Waals surface area (Å²) in [5, 5.41) is 3.03. The Labute approximate surface area is 141 Å². The van der Waals surface area contributed by atoms with E-state index in [1.54, 1.807) is 10.8 Å². The normalized spacial score (nSPS) is 21.5. The molecule has 130 valence electrons. The van der Waals surface area contributed by atoms with Gasteiger partial charge in [-0.15, -0.1) is 0 Å². The summed E-state index contributed by atoms with van der Waals surface area (Å²) in [5.74, 6) is 0.630. The molecule has 2 heteroatoms. The van der Waals surface area contributed by atoms with Crippen LogP contribution < -0.4 is 0 Å². The molecule has 23 heavy (non-hydrogen) atoms. The molecule has 2 unspecified atom stereocenters. The third kappa shape index (κ3) is 5.61. The second kappa shape index (κ2) is 10.1. The summed E-state index contributed by atoms with van der Waals surface area (Å²) >= 11 is 0. The van der Waals surface area contributed by atoms with E-state index in [0.29, 0.717) is 18.8 Å². The summed E-state index contributed by atoms with van der Waals surface area (Å²) in [6.45, 7) is 8.02. The summed E-state index contributed by atoms with van der Waals surface area (Å²) in [4.78, 5) is 0. The van der Waals surface area contributed by atoms with Gasteiger partial charge in [-0.2, -0.15) is 0 Å². The van der Waals surface area contributed by atoms with Gasteiger partial charge in [0.05, 0.1) is 12.7 Å². The predicted molar refractivity (Wildman–Crippen MR) is 96.3 cm³/mol. The summed E-state index contributed by atoms with van der Waals surface area (Å²) in [7, 11) is 0. The fourth-order valence-corrected chi connectivity index (χ4v) is 3.24. The molecule has 2 atom stereocenters. The quantitative estimate of drug-likeness (QED) is 0.590. The monoisotopic (exact) mass is 318 g/mol. The third-order valence-electron chi connectivity index (χ3n) is 5.05. The zero-order valence-corrected chi connectivity index (χ0v) is 15.3. The fourth-order valence-electron chi connectivity index (χ4n) is 3.24. The standard InChI is InChI=1S/C11H14.C10H20O2/c1-2-3-4-5-9-8-10-6-7-11(9)10;1-3-4-5-6-10-7-11-8-12-9(10)2/h6-8H,2-5H2,1H3;9-10H,3-8H2,1-2H3. The number of hydrogen-bond acceptors (Lipinski definition) is 2. The lowest BCUT2D eigenvalue weighted by molar-refractivity contribution is -0.165. The molecular weight excluding hydrogens is 284 g/mol. The topological polar surface area (TPSA) is 18.5 Å². The predicted octanol–water partition coefficient (Wildman–Crippen LogP) is 5.60. The molecule has 0 aromatic rings. The lowest BCUT2D eigenvalue weighted by Crippen LogP contribution is -2.31. The van der Waals surface area contributed by atoms with Crippen molar-refractivity contribution in [3.8, 4) is 0 Å². The first-order valence-corrected chi connectivity index (χ1v) is 9.58. The lowest BCUT2D eigenvalue weighted by atomic mass is 9.95. The molecule has 0 N–H and O–H groups in total. The van der Waals surface area contributed by atoms with Crippen molar-refractivity contribution >= 4 is 0 Å². The maximum Gasteiger partial charge on any atom is 0.147 e. The molecule has 2 aliphatic carbocycles. The van der Waals surface area contributed by atoms with E-state index in [2.05, 4.69) is 39.0 Å². The zero-order chi connectivity index (χ0) is 16.5. The Morgan fingerprint density at radius 3 is 2.39 bits per heavy atom. The maximum absolute atomic E-state index is 5.40. The van der Waals surface area contributed by atoms with Crippen molar-refractivity contribution in [2.75, 3.05) is 13.4 Å². The second-order valence-corrected chi connectivity index (χ2v) is 6.95. The van der Waals surface area contributed by atoms with Crippen LogP contribution in [0.4, 0.5) is 0 Å². The Morgan fingerprint density at radius 1 is 1.04 bits per heavy atom.